The van der Waals surface area contributed by atoms with Gasteiger partial charge in [-0.3, -0.25) is 14.3 Å². The molecule has 1 aromatic rings. The van der Waals surface area contributed by atoms with Gasteiger partial charge in [0.15, 0.2) is 0 Å². The maximum atomic E-state index is 12.2. The highest BCUT2D eigenvalue weighted by Gasteiger charge is 2.35. The molecule has 1 heterocycles. The third-order valence-corrected chi connectivity index (χ3v) is 3.83. The molecule has 1 unspecified atom stereocenters. The number of nitrogens with zero attached hydrogens (tertiary/aromatic N) is 2. The first kappa shape index (κ1) is 14.6. The van der Waals surface area contributed by atoms with Crippen LogP contribution in [0.5, 0.6) is 0 Å². The number of nitrogens with one attached hydrogen (secondary N) is 1. The van der Waals surface area contributed by atoms with Crippen LogP contribution in [0.2, 0.25) is 0 Å². The molecule has 0 bridgehead atoms. The Bertz CT molecular complexity index is 458. The molecular weight excluding hydrogens is 258 g/mol. The van der Waals surface area contributed by atoms with Crippen molar-refractivity contribution in [3.63, 3.8) is 0 Å². The molecule has 6 heteroatoms. The normalized spacial score (nSPS) is 24.1. The average molecular weight is 279 g/mol. The first-order chi connectivity index (χ1) is 9.58. The van der Waals surface area contributed by atoms with E-state index in [2.05, 4.69) is 10.4 Å². The number of carboxylic acids is 1. The van der Waals surface area contributed by atoms with Crippen LogP contribution in [0, 0.1) is 11.8 Å². The summed E-state index contributed by atoms with van der Waals surface area (Å²) in [6.07, 6.45) is 6.61. The van der Waals surface area contributed by atoms with Crippen LogP contribution < -0.4 is 5.32 Å². The molecule has 1 fully saturated rings. The molecule has 20 heavy (non-hydrogen) atoms. The van der Waals surface area contributed by atoms with Crippen molar-refractivity contribution in [2.75, 3.05) is 0 Å². The van der Waals surface area contributed by atoms with Crippen molar-refractivity contribution in [3.05, 3.63) is 18.5 Å². The SMILES string of the molecule is CC(Cn1cccn1)NC(=O)[C@@H]1CCCC[C@@H]1C(=O)O. The van der Waals surface area contributed by atoms with Gasteiger partial charge in [-0.25, -0.2) is 0 Å². The second kappa shape index (κ2) is 6.54. The number of amides is 1. The standard InChI is InChI=1S/C14H21N3O3/c1-10(9-17-8-4-7-15-17)16-13(18)11-5-2-3-6-12(11)14(19)20/h4,7-8,10-12H,2-3,5-6,9H2,1H3,(H,16,18)(H,19,20)/t10?,11-,12+/m1/s1. The smallest absolute Gasteiger partial charge is 0.307 e. The molecule has 1 aliphatic carbocycles. The minimum atomic E-state index is -0.857. The van der Waals surface area contributed by atoms with Gasteiger partial charge in [0.2, 0.25) is 5.91 Å². The number of rotatable bonds is 5. The van der Waals surface area contributed by atoms with E-state index in [-0.39, 0.29) is 11.9 Å². The summed E-state index contributed by atoms with van der Waals surface area (Å²) in [6, 6.07) is 1.76. The Hall–Kier alpha value is -1.85. The van der Waals surface area contributed by atoms with Crippen LogP contribution >= 0.6 is 0 Å². The van der Waals surface area contributed by atoms with Crippen LogP contribution in [0.1, 0.15) is 32.6 Å². The highest BCUT2D eigenvalue weighted by Crippen LogP contribution is 2.30. The topological polar surface area (TPSA) is 84.2 Å². The van der Waals surface area contributed by atoms with E-state index in [0.717, 1.165) is 12.8 Å². The summed E-state index contributed by atoms with van der Waals surface area (Å²) in [5.41, 5.74) is 0. The zero-order chi connectivity index (χ0) is 14.5. The summed E-state index contributed by atoms with van der Waals surface area (Å²) >= 11 is 0. The minimum Gasteiger partial charge on any atom is -0.481 e. The largest absolute Gasteiger partial charge is 0.481 e. The van der Waals surface area contributed by atoms with Crippen LogP contribution in [0.4, 0.5) is 0 Å². The highest BCUT2D eigenvalue weighted by atomic mass is 16.4. The quantitative estimate of drug-likeness (QED) is 0.850. The summed E-state index contributed by atoms with van der Waals surface area (Å²) in [4.78, 5) is 23.5. The molecule has 1 amide bonds. The Labute approximate surface area is 118 Å². The van der Waals surface area contributed by atoms with Gasteiger partial charge < -0.3 is 10.4 Å². The van der Waals surface area contributed by atoms with Gasteiger partial charge >= 0.3 is 5.97 Å². The predicted molar refractivity (Wildman–Crippen MR) is 72.9 cm³/mol. The van der Waals surface area contributed by atoms with Gasteiger partial charge in [-0.05, 0) is 25.8 Å². The van der Waals surface area contributed by atoms with Gasteiger partial charge in [-0.2, -0.15) is 5.10 Å². The fourth-order valence-electron chi connectivity index (χ4n) is 2.82. The molecule has 1 saturated carbocycles. The number of carbonyl (C=O) groups excluding carboxylic acids is 1. The first-order valence-electron chi connectivity index (χ1n) is 7.08. The van der Waals surface area contributed by atoms with E-state index >= 15 is 0 Å². The van der Waals surface area contributed by atoms with E-state index in [1.165, 1.54) is 0 Å². The molecule has 3 atom stereocenters. The third kappa shape index (κ3) is 3.59. The van der Waals surface area contributed by atoms with E-state index in [1.807, 2.05) is 19.2 Å². The maximum Gasteiger partial charge on any atom is 0.307 e. The molecule has 2 N–H and O–H groups in total. The highest BCUT2D eigenvalue weighted by molar-refractivity contribution is 5.85. The fourth-order valence-corrected chi connectivity index (χ4v) is 2.82. The molecule has 6 nitrogen and oxygen atoms in total. The van der Waals surface area contributed by atoms with Gasteiger partial charge in [-0.15, -0.1) is 0 Å². The van der Waals surface area contributed by atoms with E-state index < -0.39 is 17.8 Å². The molecule has 1 aromatic heterocycles. The summed E-state index contributed by atoms with van der Waals surface area (Å²) in [5, 5.41) is 16.2. The summed E-state index contributed by atoms with van der Waals surface area (Å²) in [6.45, 7) is 2.49. The van der Waals surface area contributed by atoms with Crippen LogP contribution in [0.3, 0.4) is 0 Å². The fraction of sp³-hybridized carbons (Fsp3) is 0.643. The summed E-state index contributed by atoms with van der Waals surface area (Å²) < 4.78 is 1.75. The third-order valence-electron chi connectivity index (χ3n) is 3.83. The molecule has 2 rings (SSSR count). The minimum absolute atomic E-state index is 0.0706. The van der Waals surface area contributed by atoms with Crippen molar-refractivity contribution in [2.24, 2.45) is 11.8 Å². The number of carbonyl (C=O) groups is 2. The molecular formula is C14H21N3O3. The van der Waals surface area contributed by atoms with Crippen molar-refractivity contribution in [3.8, 4) is 0 Å². The van der Waals surface area contributed by atoms with Crippen molar-refractivity contribution in [1.82, 2.24) is 15.1 Å². The number of hydrogen-bond acceptors (Lipinski definition) is 3. The predicted octanol–water partition coefficient (Wildman–Crippen LogP) is 1.28. The van der Waals surface area contributed by atoms with Gasteiger partial charge in [0.1, 0.15) is 0 Å². The van der Waals surface area contributed by atoms with Crippen molar-refractivity contribution >= 4 is 11.9 Å². The van der Waals surface area contributed by atoms with Gasteiger partial charge in [0, 0.05) is 18.4 Å². The molecule has 0 spiro atoms. The second-order valence-corrected chi connectivity index (χ2v) is 5.47. The molecule has 0 aromatic carbocycles. The van der Waals surface area contributed by atoms with Gasteiger partial charge in [0.05, 0.1) is 18.4 Å². The molecule has 0 saturated heterocycles. The Kier molecular flexibility index (Phi) is 4.76. The lowest BCUT2D eigenvalue weighted by molar-refractivity contribution is -0.149. The first-order valence-corrected chi connectivity index (χ1v) is 7.08. The number of aromatic nitrogens is 2. The second-order valence-electron chi connectivity index (χ2n) is 5.47. The lowest BCUT2D eigenvalue weighted by atomic mass is 9.78. The van der Waals surface area contributed by atoms with Gasteiger partial charge in [-0.1, -0.05) is 12.8 Å². The zero-order valence-corrected chi connectivity index (χ0v) is 11.7. The van der Waals surface area contributed by atoms with E-state index in [0.29, 0.717) is 19.4 Å². The lowest BCUT2D eigenvalue weighted by Gasteiger charge is -2.28. The summed E-state index contributed by atoms with van der Waals surface area (Å²) in [7, 11) is 0. The Morgan fingerprint density at radius 2 is 2.10 bits per heavy atom. The molecule has 0 radical (unpaired) electrons. The number of carboxylic acid groups (broad SMARTS) is 1. The molecule has 110 valence electrons. The van der Waals surface area contributed by atoms with Crippen LogP contribution in [-0.2, 0) is 16.1 Å². The van der Waals surface area contributed by atoms with Crippen molar-refractivity contribution in [1.29, 1.82) is 0 Å². The van der Waals surface area contributed by atoms with Crippen LogP contribution in [-0.4, -0.2) is 32.8 Å². The lowest BCUT2D eigenvalue weighted by Crippen LogP contribution is -2.44. The van der Waals surface area contributed by atoms with Crippen molar-refractivity contribution < 1.29 is 14.7 Å². The zero-order valence-electron chi connectivity index (χ0n) is 11.7. The molecule has 1 aliphatic rings. The number of hydrogen-bond donors (Lipinski definition) is 2. The molecule has 0 aliphatic heterocycles. The van der Waals surface area contributed by atoms with E-state index in [1.54, 1.807) is 10.9 Å². The van der Waals surface area contributed by atoms with E-state index in [4.69, 9.17) is 0 Å². The Morgan fingerprint density at radius 1 is 1.40 bits per heavy atom. The van der Waals surface area contributed by atoms with E-state index in [9.17, 15) is 14.7 Å². The van der Waals surface area contributed by atoms with Gasteiger partial charge in [0.25, 0.3) is 0 Å². The monoisotopic (exact) mass is 279 g/mol. The Balaban J connectivity index is 1.90. The Morgan fingerprint density at radius 3 is 2.70 bits per heavy atom. The average Bonchev–Trinajstić information content (AvgIpc) is 2.91. The number of aliphatic carboxylic acids is 1. The van der Waals surface area contributed by atoms with Crippen LogP contribution in [0.25, 0.3) is 0 Å². The summed E-state index contributed by atoms with van der Waals surface area (Å²) in [5.74, 6) is -1.94. The van der Waals surface area contributed by atoms with Crippen molar-refractivity contribution in [2.45, 2.75) is 45.2 Å². The van der Waals surface area contributed by atoms with Crippen LogP contribution in [0.15, 0.2) is 18.5 Å². The maximum absolute atomic E-state index is 12.2.